The van der Waals surface area contributed by atoms with E-state index in [0.29, 0.717) is 45.8 Å². The summed E-state index contributed by atoms with van der Waals surface area (Å²) in [6, 6.07) is 1.94. The van der Waals surface area contributed by atoms with Crippen LogP contribution in [0.3, 0.4) is 0 Å². The van der Waals surface area contributed by atoms with Gasteiger partial charge in [0.15, 0.2) is 5.96 Å². The van der Waals surface area contributed by atoms with Crippen LogP contribution in [-0.4, -0.2) is 73.2 Å². The third-order valence-electron chi connectivity index (χ3n) is 4.03. The van der Waals surface area contributed by atoms with Crippen molar-refractivity contribution in [2.24, 2.45) is 12.0 Å². The highest BCUT2D eigenvalue weighted by Crippen LogP contribution is 2.14. The molecule has 1 N–H and O–H groups in total. The van der Waals surface area contributed by atoms with E-state index in [9.17, 15) is 4.79 Å². The van der Waals surface area contributed by atoms with Gasteiger partial charge in [0.2, 0.25) is 5.91 Å². The maximum absolute atomic E-state index is 12.1. The van der Waals surface area contributed by atoms with Gasteiger partial charge in [-0.1, -0.05) is 11.6 Å². The number of nitrogens with zero attached hydrogens (tertiary/aromatic N) is 4. The van der Waals surface area contributed by atoms with Crippen LogP contribution in [0.4, 0.5) is 0 Å². The number of halogens is 2. The Labute approximate surface area is 171 Å². The Morgan fingerprint density at radius 1 is 1.44 bits per heavy atom. The maximum atomic E-state index is 12.1. The van der Waals surface area contributed by atoms with Crippen LogP contribution in [0.5, 0.6) is 0 Å². The standard InChI is InChI=1S/C16H26ClN5O2.HI/c1-18-16(21(3)12-14-10-13(17)11-20(14)2)19-5-4-15(23)22-6-8-24-9-7-22;/h10-11H,4-9,12H2,1-3H3,(H,18,19);1H. The zero-order valence-electron chi connectivity index (χ0n) is 15.0. The minimum absolute atomic E-state index is 0. The zero-order valence-corrected chi connectivity index (χ0v) is 18.1. The molecule has 0 saturated carbocycles. The molecule has 1 aromatic heterocycles. The van der Waals surface area contributed by atoms with Gasteiger partial charge in [-0.2, -0.15) is 0 Å². The monoisotopic (exact) mass is 483 g/mol. The molecule has 0 spiro atoms. The molecule has 0 unspecified atom stereocenters. The first kappa shape index (κ1) is 22.0. The Hall–Kier alpha value is -1.000. The molecule has 25 heavy (non-hydrogen) atoms. The summed E-state index contributed by atoms with van der Waals surface area (Å²) in [6.45, 7) is 3.86. The highest BCUT2D eigenvalue weighted by atomic mass is 127. The fourth-order valence-electron chi connectivity index (χ4n) is 2.68. The summed E-state index contributed by atoms with van der Waals surface area (Å²) >= 11 is 6.02. The number of amides is 1. The molecule has 2 rings (SSSR count). The lowest BCUT2D eigenvalue weighted by Crippen LogP contribution is -2.43. The van der Waals surface area contributed by atoms with Gasteiger partial charge >= 0.3 is 0 Å². The largest absolute Gasteiger partial charge is 0.378 e. The molecule has 1 aliphatic rings. The van der Waals surface area contributed by atoms with Crippen molar-refractivity contribution in [2.45, 2.75) is 13.0 Å². The number of carbonyl (C=O) groups is 1. The van der Waals surface area contributed by atoms with Gasteiger partial charge in [-0.25, -0.2) is 0 Å². The molecule has 2 heterocycles. The zero-order chi connectivity index (χ0) is 17.5. The van der Waals surface area contributed by atoms with Crippen LogP contribution in [0.25, 0.3) is 0 Å². The Bertz CT molecular complexity index is 587. The van der Waals surface area contributed by atoms with E-state index in [1.54, 1.807) is 7.05 Å². The van der Waals surface area contributed by atoms with E-state index in [1.165, 1.54) is 0 Å². The van der Waals surface area contributed by atoms with Gasteiger partial charge in [0.1, 0.15) is 0 Å². The number of aryl methyl sites for hydroxylation is 1. The van der Waals surface area contributed by atoms with Crippen molar-refractivity contribution in [3.63, 3.8) is 0 Å². The van der Waals surface area contributed by atoms with Crippen LogP contribution in [-0.2, 0) is 23.1 Å². The van der Waals surface area contributed by atoms with Gasteiger partial charge in [-0.15, -0.1) is 24.0 Å². The topological polar surface area (TPSA) is 62.1 Å². The lowest BCUT2D eigenvalue weighted by atomic mass is 10.3. The van der Waals surface area contributed by atoms with Crippen molar-refractivity contribution in [3.05, 3.63) is 23.0 Å². The predicted molar refractivity (Wildman–Crippen MR) is 111 cm³/mol. The Balaban J connectivity index is 0.00000312. The van der Waals surface area contributed by atoms with E-state index in [0.717, 1.165) is 16.7 Å². The van der Waals surface area contributed by atoms with Gasteiger partial charge in [0.05, 0.1) is 24.8 Å². The van der Waals surface area contributed by atoms with Crippen molar-refractivity contribution in [1.82, 2.24) is 19.7 Å². The molecule has 9 heteroatoms. The first-order valence-electron chi connectivity index (χ1n) is 8.09. The molecule has 1 aromatic rings. The number of aliphatic imine (C=N–C) groups is 1. The van der Waals surface area contributed by atoms with E-state index in [1.807, 2.05) is 40.7 Å². The molecule has 1 aliphatic heterocycles. The molecule has 1 fully saturated rings. The molecule has 7 nitrogen and oxygen atoms in total. The summed E-state index contributed by atoms with van der Waals surface area (Å²) in [5.41, 5.74) is 1.09. The minimum atomic E-state index is 0. The SMILES string of the molecule is CN=C(NCCC(=O)N1CCOCC1)N(C)Cc1cc(Cl)cn1C.I. The van der Waals surface area contributed by atoms with Gasteiger partial charge in [-0.3, -0.25) is 9.79 Å². The Morgan fingerprint density at radius 2 is 2.12 bits per heavy atom. The van der Waals surface area contributed by atoms with Gasteiger partial charge in [0.25, 0.3) is 0 Å². The lowest BCUT2D eigenvalue weighted by molar-refractivity contribution is -0.135. The second kappa shape index (κ2) is 10.9. The third kappa shape index (κ3) is 6.67. The van der Waals surface area contributed by atoms with E-state index in [2.05, 4.69) is 10.3 Å². The number of hydrogen-bond donors (Lipinski definition) is 1. The van der Waals surface area contributed by atoms with Crippen LogP contribution in [0, 0.1) is 0 Å². The minimum Gasteiger partial charge on any atom is -0.378 e. The molecule has 0 atom stereocenters. The van der Waals surface area contributed by atoms with Crippen molar-refractivity contribution < 1.29 is 9.53 Å². The number of rotatable bonds is 5. The molecule has 0 radical (unpaired) electrons. The average Bonchev–Trinajstić information content (AvgIpc) is 2.89. The fraction of sp³-hybridized carbons (Fsp3) is 0.625. The summed E-state index contributed by atoms with van der Waals surface area (Å²) in [5, 5.41) is 3.96. The van der Waals surface area contributed by atoms with Crippen LogP contribution in [0.2, 0.25) is 5.02 Å². The van der Waals surface area contributed by atoms with Gasteiger partial charge in [0, 0.05) is 59.1 Å². The summed E-state index contributed by atoms with van der Waals surface area (Å²) in [7, 11) is 5.66. The number of morpholine rings is 1. The maximum Gasteiger partial charge on any atom is 0.224 e. The molecule has 0 bridgehead atoms. The number of aromatic nitrogens is 1. The van der Waals surface area contributed by atoms with Crippen LogP contribution in [0.15, 0.2) is 17.3 Å². The van der Waals surface area contributed by atoms with E-state index >= 15 is 0 Å². The molecule has 142 valence electrons. The fourth-order valence-corrected chi connectivity index (χ4v) is 2.95. The third-order valence-corrected chi connectivity index (χ3v) is 4.24. The molecule has 0 aromatic carbocycles. The van der Waals surface area contributed by atoms with E-state index in [4.69, 9.17) is 16.3 Å². The smallest absolute Gasteiger partial charge is 0.224 e. The summed E-state index contributed by atoms with van der Waals surface area (Å²) < 4.78 is 7.26. The quantitative estimate of drug-likeness (QED) is 0.392. The highest BCUT2D eigenvalue weighted by Gasteiger charge is 2.16. The first-order chi connectivity index (χ1) is 11.5. The first-order valence-corrected chi connectivity index (χ1v) is 8.47. The number of guanidine groups is 1. The number of hydrogen-bond acceptors (Lipinski definition) is 3. The second-order valence-corrected chi connectivity index (χ2v) is 6.27. The van der Waals surface area contributed by atoms with Crippen LogP contribution >= 0.6 is 35.6 Å². The molecular formula is C16H27ClIN5O2. The van der Waals surface area contributed by atoms with Crippen molar-refractivity contribution in [3.8, 4) is 0 Å². The lowest BCUT2D eigenvalue weighted by Gasteiger charge is -2.27. The van der Waals surface area contributed by atoms with Gasteiger partial charge in [-0.05, 0) is 6.07 Å². The van der Waals surface area contributed by atoms with Crippen LogP contribution in [0.1, 0.15) is 12.1 Å². The van der Waals surface area contributed by atoms with E-state index < -0.39 is 0 Å². The van der Waals surface area contributed by atoms with Crippen molar-refractivity contribution in [1.29, 1.82) is 0 Å². The average molecular weight is 484 g/mol. The number of nitrogens with one attached hydrogen (secondary N) is 1. The predicted octanol–water partition coefficient (Wildman–Crippen LogP) is 1.55. The number of carbonyl (C=O) groups excluding carboxylic acids is 1. The molecular weight excluding hydrogens is 457 g/mol. The van der Waals surface area contributed by atoms with Gasteiger partial charge < -0.3 is 24.4 Å². The van der Waals surface area contributed by atoms with Crippen molar-refractivity contribution in [2.75, 3.05) is 46.9 Å². The van der Waals surface area contributed by atoms with Crippen LogP contribution < -0.4 is 5.32 Å². The Morgan fingerprint density at radius 3 is 2.68 bits per heavy atom. The second-order valence-electron chi connectivity index (χ2n) is 5.83. The molecule has 1 amide bonds. The summed E-state index contributed by atoms with van der Waals surface area (Å²) in [5.74, 6) is 0.903. The molecule has 0 aliphatic carbocycles. The summed E-state index contributed by atoms with van der Waals surface area (Å²) in [4.78, 5) is 20.3. The van der Waals surface area contributed by atoms with E-state index in [-0.39, 0.29) is 29.9 Å². The highest BCUT2D eigenvalue weighted by molar-refractivity contribution is 14.0. The molecule has 1 saturated heterocycles. The number of ether oxygens (including phenoxy) is 1. The van der Waals surface area contributed by atoms with Crippen molar-refractivity contribution >= 4 is 47.4 Å². The normalized spacial score (nSPS) is 14.9. The summed E-state index contributed by atoms with van der Waals surface area (Å²) in [6.07, 6.45) is 2.32. The Kier molecular flexibility index (Phi) is 9.58.